The minimum absolute atomic E-state index is 0.0495. The number of benzene rings is 2. The Bertz CT molecular complexity index is 1250. The fraction of sp³-hybridized carbons (Fsp3) is 0.125. The van der Waals surface area contributed by atoms with Crippen LogP contribution in [0, 0.1) is 0 Å². The minimum atomic E-state index is -0.569. The number of hydrogen-bond acceptors (Lipinski definition) is 7. The molecule has 0 saturated heterocycles. The highest BCUT2D eigenvalue weighted by atomic mass is 32.2. The van der Waals surface area contributed by atoms with Gasteiger partial charge in [-0.15, -0.1) is 11.8 Å². The first-order chi connectivity index (χ1) is 16.5. The van der Waals surface area contributed by atoms with Gasteiger partial charge >= 0.3 is 0 Å². The average Bonchev–Trinajstić information content (AvgIpc) is 3.29. The number of anilines is 2. The molecule has 10 heteroatoms. The number of ether oxygens (including phenoxy) is 1. The summed E-state index contributed by atoms with van der Waals surface area (Å²) in [5.74, 6) is -1.46. The molecule has 3 N–H and O–H groups in total. The maximum atomic E-state index is 13.0. The summed E-state index contributed by atoms with van der Waals surface area (Å²) in [4.78, 5) is 50.2. The Morgan fingerprint density at radius 3 is 2.26 bits per heavy atom. The van der Waals surface area contributed by atoms with E-state index in [0.29, 0.717) is 17.1 Å². The first kappa shape index (κ1) is 23.1. The monoisotopic (exact) mass is 476 g/mol. The number of para-hydroxylation sites is 2. The number of amides is 2. The smallest absolute Gasteiger partial charge is 0.274 e. The number of aromatic nitrogens is 2. The van der Waals surface area contributed by atoms with Gasteiger partial charge in [0.15, 0.2) is 0 Å². The third-order valence-electron chi connectivity index (χ3n) is 4.75. The highest BCUT2D eigenvalue weighted by Crippen LogP contribution is 2.29. The second kappa shape index (κ2) is 10.7. The molecule has 0 aliphatic heterocycles. The Morgan fingerprint density at radius 2 is 1.59 bits per heavy atom. The number of allylic oxidation sites excluding steroid dienone is 2. The van der Waals surface area contributed by atoms with Crippen molar-refractivity contribution in [1.82, 2.24) is 10.2 Å². The maximum absolute atomic E-state index is 13.0. The lowest BCUT2D eigenvalue weighted by Gasteiger charge is -2.12. The molecule has 1 aliphatic rings. The van der Waals surface area contributed by atoms with Gasteiger partial charge in [0.1, 0.15) is 18.0 Å². The van der Waals surface area contributed by atoms with E-state index in [1.165, 1.54) is 6.08 Å². The number of fused-ring (bicyclic) bond motifs is 1. The molecule has 9 nitrogen and oxygen atoms in total. The number of H-pyrrole nitrogens is 1. The Hall–Kier alpha value is -4.02. The molecule has 0 bridgehead atoms. The van der Waals surface area contributed by atoms with Gasteiger partial charge < -0.3 is 15.4 Å². The van der Waals surface area contributed by atoms with Crippen LogP contribution in [0.3, 0.4) is 0 Å². The third kappa shape index (κ3) is 5.48. The van der Waals surface area contributed by atoms with Gasteiger partial charge in [0.05, 0.1) is 17.1 Å². The molecule has 1 aliphatic carbocycles. The van der Waals surface area contributed by atoms with Crippen molar-refractivity contribution in [1.29, 1.82) is 0 Å². The maximum Gasteiger partial charge on any atom is 0.274 e. The molecular weight excluding hydrogens is 456 g/mol. The third-order valence-corrected chi connectivity index (χ3v) is 5.73. The van der Waals surface area contributed by atoms with Crippen molar-refractivity contribution >= 4 is 46.5 Å². The number of carbonyl (C=O) groups excluding carboxylic acids is 4. The van der Waals surface area contributed by atoms with E-state index in [0.717, 1.165) is 11.8 Å². The van der Waals surface area contributed by atoms with Crippen LogP contribution in [0.15, 0.2) is 71.6 Å². The number of nitrogens with zero attached hydrogens (tertiary/aromatic N) is 1. The van der Waals surface area contributed by atoms with Crippen LogP contribution < -0.4 is 10.6 Å². The lowest BCUT2D eigenvalue weighted by Crippen LogP contribution is -2.21. The van der Waals surface area contributed by atoms with Crippen LogP contribution in [0.1, 0.15) is 31.3 Å². The van der Waals surface area contributed by atoms with E-state index in [4.69, 9.17) is 4.74 Å². The van der Waals surface area contributed by atoms with Crippen LogP contribution >= 0.6 is 11.8 Å². The van der Waals surface area contributed by atoms with E-state index >= 15 is 0 Å². The normalized spacial score (nSPS) is 12.6. The van der Waals surface area contributed by atoms with Crippen molar-refractivity contribution in [3.05, 3.63) is 88.6 Å². The zero-order chi connectivity index (χ0) is 23.9. The molecule has 34 heavy (non-hydrogen) atoms. The van der Waals surface area contributed by atoms with Gasteiger partial charge in [-0.1, -0.05) is 36.4 Å². The first-order valence-electron chi connectivity index (χ1n) is 10.3. The fourth-order valence-corrected chi connectivity index (χ4v) is 4.04. The number of aromatic amines is 1. The van der Waals surface area contributed by atoms with Crippen LogP contribution in [0.2, 0.25) is 0 Å². The second-order valence-corrected chi connectivity index (χ2v) is 8.30. The van der Waals surface area contributed by atoms with E-state index in [9.17, 15) is 19.2 Å². The molecule has 1 heterocycles. The summed E-state index contributed by atoms with van der Waals surface area (Å²) >= 11 is 1.12. The summed E-state index contributed by atoms with van der Waals surface area (Å²) < 4.78 is 5.36. The van der Waals surface area contributed by atoms with Gasteiger partial charge in [0.25, 0.3) is 5.91 Å². The van der Waals surface area contributed by atoms with Gasteiger partial charge in [-0.05, 0) is 24.3 Å². The molecule has 0 saturated carbocycles. The Labute approximate surface area is 199 Å². The predicted octanol–water partition coefficient (Wildman–Crippen LogP) is 3.31. The van der Waals surface area contributed by atoms with Crippen molar-refractivity contribution < 1.29 is 23.9 Å². The number of thioether (sulfide) groups is 1. The van der Waals surface area contributed by atoms with Gasteiger partial charge in [-0.3, -0.25) is 24.3 Å². The minimum Gasteiger partial charge on any atom is -0.371 e. The van der Waals surface area contributed by atoms with Crippen LogP contribution in [-0.2, 0) is 9.53 Å². The highest BCUT2D eigenvalue weighted by molar-refractivity contribution is 8.04. The largest absolute Gasteiger partial charge is 0.371 e. The van der Waals surface area contributed by atoms with Crippen molar-refractivity contribution in [3.8, 4) is 0 Å². The van der Waals surface area contributed by atoms with Crippen LogP contribution in [-0.4, -0.2) is 52.5 Å². The van der Waals surface area contributed by atoms with Gasteiger partial charge in [0.2, 0.25) is 17.5 Å². The SMILES string of the molecule is O=C(COCCSC1=CC(=O)c2n[nH]c(C(=O)Nc3ccccc3)c2C1=O)Nc1ccccc1. The molecule has 2 aromatic carbocycles. The summed E-state index contributed by atoms with van der Waals surface area (Å²) in [6, 6.07) is 17.7. The van der Waals surface area contributed by atoms with E-state index in [-0.39, 0.29) is 41.0 Å². The predicted molar refractivity (Wildman–Crippen MR) is 128 cm³/mol. The number of nitrogens with one attached hydrogen (secondary N) is 3. The van der Waals surface area contributed by atoms with Gasteiger partial charge in [-0.25, -0.2) is 0 Å². The van der Waals surface area contributed by atoms with Gasteiger partial charge in [-0.2, -0.15) is 5.10 Å². The lowest BCUT2D eigenvalue weighted by molar-refractivity contribution is -0.120. The van der Waals surface area contributed by atoms with Crippen molar-refractivity contribution in [2.24, 2.45) is 0 Å². The number of carbonyl (C=O) groups is 4. The topological polar surface area (TPSA) is 130 Å². The van der Waals surface area contributed by atoms with E-state index in [1.54, 1.807) is 36.4 Å². The highest BCUT2D eigenvalue weighted by Gasteiger charge is 2.33. The average molecular weight is 477 g/mol. The van der Waals surface area contributed by atoms with Crippen molar-refractivity contribution in [3.63, 3.8) is 0 Å². The van der Waals surface area contributed by atoms with Crippen molar-refractivity contribution in [2.75, 3.05) is 29.6 Å². The number of ketones is 2. The van der Waals surface area contributed by atoms with E-state index < -0.39 is 17.5 Å². The molecular formula is C24H20N4O5S. The van der Waals surface area contributed by atoms with E-state index in [1.807, 2.05) is 24.3 Å². The molecule has 0 atom stereocenters. The molecule has 0 unspecified atom stereocenters. The van der Waals surface area contributed by atoms with Crippen LogP contribution in [0.4, 0.5) is 11.4 Å². The zero-order valence-corrected chi connectivity index (χ0v) is 18.7. The summed E-state index contributed by atoms with van der Waals surface area (Å²) in [6.45, 7) is 0.0440. The number of rotatable bonds is 9. The Balaban J connectivity index is 1.31. The molecule has 3 aromatic rings. The Morgan fingerprint density at radius 1 is 0.941 bits per heavy atom. The summed E-state index contributed by atoms with van der Waals surface area (Å²) in [6.07, 6.45) is 1.21. The zero-order valence-electron chi connectivity index (χ0n) is 17.9. The molecule has 2 amide bonds. The number of hydrogen-bond donors (Lipinski definition) is 3. The molecule has 0 fully saturated rings. The second-order valence-electron chi connectivity index (χ2n) is 7.16. The van der Waals surface area contributed by atoms with Crippen LogP contribution in [0.25, 0.3) is 0 Å². The molecule has 0 spiro atoms. The van der Waals surface area contributed by atoms with Crippen LogP contribution in [0.5, 0.6) is 0 Å². The lowest BCUT2D eigenvalue weighted by atomic mass is 9.99. The van der Waals surface area contributed by atoms with Gasteiger partial charge in [0, 0.05) is 23.2 Å². The molecule has 0 radical (unpaired) electrons. The fourth-order valence-electron chi connectivity index (χ4n) is 3.20. The number of Topliss-reactive ketones (excluding diaryl/α,β-unsaturated/α-hetero) is 1. The molecule has 1 aromatic heterocycles. The summed E-state index contributed by atoms with van der Waals surface area (Å²) in [7, 11) is 0. The quantitative estimate of drug-likeness (QED) is 0.404. The summed E-state index contributed by atoms with van der Waals surface area (Å²) in [5, 5.41) is 11.8. The first-order valence-corrected chi connectivity index (χ1v) is 11.3. The summed E-state index contributed by atoms with van der Waals surface area (Å²) in [5.41, 5.74) is 1.01. The molecule has 4 rings (SSSR count). The Kier molecular flexibility index (Phi) is 7.31. The standard InChI is InChI=1S/C24H20N4O5S/c29-17-13-18(34-12-11-33-14-19(30)25-15-7-3-1-4-8-15)23(31)20-21(17)27-28-22(20)24(32)26-16-9-5-2-6-10-16/h1-10,13H,11-12,14H2,(H,25,30)(H,26,32)(H,27,28). The molecule has 172 valence electrons. The van der Waals surface area contributed by atoms with E-state index in [2.05, 4.69) is 20.8 Å². The van der Waals surface area contributed by atoms with Crippen molar-refractivity contribution in [2.45, 2.75) is 0 Å².